The zero-order valence-electron chi connectivity index (χ0n) is 13.2. The predicted octanol–water partition coefficient (Wildman–Crippen LogP) is 4.36. The third-order valence-corrected chi connectivity index (χ3v) is 5.43. The third-order valence-electron chi connectivity index (χ3n) is 4.34. The van der Waals surface area contributed by atoms with Crippen molar-refractivity contribution in [3.63, 3.8) is 0 Å². The van der Waals surface area contributed by atoms with Gasteiger partial charge in [-0.25, -0.2) is 9.29 Å². The normalized spacial score (nSPS) is 16.9. The van der Waals surface area contributed by atoms with Crippen LogP contribution in [0.15, 0.2) is 47.5 Å². The molecule has 1 fully saturated rings. The van der Waals surface area contributed by atoms with E-state index in [0.717, 1.165) is 28.5 Å². The van der Waals surface area contributed by atoms with E-state index in [4.69, 9.17) is 0 Å². The van der Waals surface area contributed by atoms with E-state index in [-0.39, 0.29) is 0 Å². The van der Waals surface area contributed by atoms with Crippen LogP contribution in [-0.4, -0.2) is 32.3 Å². The van der Waals surface area contributed by atoms with Crippen molar-refractivity contribution in [1.29, 1.82) is 0 Å². The molecular formula is C18H20N4S. The lowest BCUT2D eigenvalue weighted by Crippen LogP contribution is -2.27. The second-order valence-corrected chi connectivity index (χ2v) is 7.35. The smallest absolute Gasteiger partial charge is 0.157 e. The zero-order valence-corrected chi connectivity index (χ0v) is 14.0. The minimum Gasteiger partial charge on any atom is -0.337 e. The standard InChI is InChI=1S/C18H20N4S/c1-13-7-10-22(11-8-13)23-14-5-6-15-17(12-14)21-18(20-15)16-4-2-3-9-19-16/h2-6,9,12-13H,7-8,10-11H2,1H3,(H,20,21). The van der Waals surface area contributed by atoms with Gasteiger partial charge in [-0.2, -0.15) is 0 Å². The molecule has 3 heterocycles. The molecule has 1 aromatic carbocycles. The molecule has 2 aromatic heterocycles. The zero-order chi connectivity index (χ0) is 15.6. The Bertz CT molecular complexity index is 791. The molecule has 3 aromatic rings. The van der Waals surface area contributed by atoms with Gasteiger partial charge in [0.15, 0.2) is 5.82 Å². The summed E-state index contributed by atoms with van der Waals surface area (Å²) in [5, 5.41) is 0. The van der Waals surface area contributed by atoms with Crippen molar-refractivity contribution < 1.29 is 0 Å². The Morgan fingerprint density at radius 2 is 2.04 bits per heavy atom. The molecule has 23 heavy (non-hydrogen) atoms. The molecule has 0 atom stereocenters. The summed E-state index contributed by atoms with van der Waals surface area (Å²) < 4.78 is 2.47. The van der Waals surface area contributed by atoms with Crippen molar-refractivity contribution in [2.45, 2.75) is 24.7 Å². The van der Waals surface area contributed by atoms with Gasteiger partial charge in [-0.1, -0.05) is 13.0 Å². The second kappa shape index (κ2) is 6.34. The summed E-state index contributed by atoms with van der Waals surface area (Å²) in [6.45, 7) is 4.69. The Balaban J connectivity index is 1.56. The Labute approximate surface area is 140 Å². The summed E-state index contributed by atoms with van der Waals surface area (Å²) in [5.41, 5.74) is 2.94. The number of fused-ring (bicyclic) bond motifs is 1. The second-order valence-electron chi connectivity index (χ2n) is 6.18. The van der Waals surface area contributed by atoms with Gasteiger partial charge in [0.25, 0.3) is 0 Å². The molecule has 0 radical (unpaired) electrons. The number of hydrogen-bond acceptors (Lipinski definition) is 4. The predicted molar refractivity (Wildman–Crippen MR) is 95.2 cm³/mol. The average Bonchev–Trinajstić information content (AvgIpc) is 3.01. The number of benzene rings is 1. The molecule has 4 nitrogen and oxygen atoms in total. The van der Waals surface area contributed by atoms with Crippen LogP contribution in [0, 0.1) is 5.92 Å². The van der Waals surface area contributed by atoms with Crippen LogP contribution < -0.4 is 0 Å². The van der Waals surface area contributed by atoms with E-state index in [9.17, 15) is 0 Å². The topological polar surface area (TPSA) is 44.8 Å². The lowest BCUT2D eigenvalue weighted by atomic mass is 10.0. The molecule has 0 saturated carbocycles. The minimum atomic E-state index is 0.828. The first kappa shape index (κ1) is 14.7. The quantitative estimate of drug-likeness (QED) is 0.727. The summed E-state index contributed by atoms with van der Waals surface area (Å²) in [5.74, 6) is 1.69. The van der Waals surface area contributed by atoms with Gasteiger partial charge in [0.05, 0.1) is 11.0 Å². The number of imidazole rings is 1. The van der Waals surface area contributed by atoms with Crippen molar-refractivity contribution in [1.82, 2.24) is 19.3 Å². The first-order valence-corrected chi connectivity index (χ1v) is 8.89. The number of piperidine rings is 1. The number of pyridine rings is 1. The molecule has 4 rings (SSSR count). The molecule has 5 heteroatoms. The molecule has 118 valence electrons. The Hall–Kier alpha value is -1.85. The lowest BCUT2D eigenvalue weighted by Gasteiger charge is -2.28. The van der Waals surface area contributed by atoms with E-state index >= 15 is 0 Å². The number of aromatic amines is 1. The minimum absolute atomic E-state index is 0.828. The molecule has 1 aliphatic heterocycles. The third kappa shape index (κ3) is 3.26. The van der Waals surface area contributed by atoms with Crippen LogP contribution in [-0.2, 0) is 0 Å². The van der Waals surface area contributed by atoms with E-state index in [1.54, 1.807) is 6.20 Å². The molecule has 1 saturated heterocycles. The van der Waals surface area contributed by atoms with Crippen LogP contribution in [0.2, 0.25) is 0 Å². The van der Waals surface area contributed by atoms with Crippen molar-refractivity contribution in [2.24, 2.45) is 5.92 Å². The van der Waals surface area contributed by atoms with Crippen LogP contribution in [0.25, 0.3) is 22.6 Å². The largest absolute Gasteiger partial charge is 0.337 e. The number of nitrogens with zero attached hydrogens (tertiary/aromatic N) is 3. The SMILES string of the molecule is CC1CCN(Sc2ccc3nc(-c4ccccn4)[nH]c3c2)CC1. The molecule has 0 bridgehead atoms. The van der Waals surface area contributed by atoms with E-state index in [2.05, 4.69) is 44.4 Å². The van der Waals surface area contributed by atoms with E-state index in [1.807, 2.05) is 30.1 Å². The molecule has 1 N–H and O–H groups in total. The van der Waals surface area contributed by atoms with Gasteiger partial charge in [0, 0.05) is 24.2 Å². The van der Waals surface area contributed by atoms with Crippen LogP contribution in [0.5, 0.6) is 0 Å². The molecule has 0 aliphatic carbocycles. The van der Waals surface area contributed by atoms with Crippen LogP contribution >= 0.6 is 11.9 Å². The average molecular weight is 324 g/mol. The highest BCUT2D eigenvalue weighted by atomic mass is 32.2. The Morgan fingerprint density at radius 1 is 1.17 bits per heavy atom. The summed E-state index contributed by atoms with van der Waals surface area (Å²) in [6.07, 6.45) is 4.38. The maximum atomic E-state index is 4.64. The van der Waals surface area contributed by atoms with Crippen molar-refractivity contribution >= 4 is 23.0 Å². The van der Waals surface area contributed by atoms with Gasteiger partial charge in [0.1, 0.15) is 5.69 Å². The van der Waals surface area contributed by atoms with Crippen LogP contribution in [0.4, 0.5) is 0 Å². The fourth-order valence-electron chi connectivity index (χ4n) is 2.89. The maximum Gasteiger partial charge on any atom is 0.157 e. The van der Waals surface area contributed by atoms with Crippen LogP contribution in [0.3, 0.4) is 0 Å². The number of H-pyrrole nitrogens is 1. The number of aromatic nitrogens is 3. The van der Waals surface area contributed by atoms with Gasteiger partial charge < -0.3 is 4.98 Å². The maximum absolute atomic E-state index is 4.64. The van der Waals surface area contributed by atoms with Gasteiger partial charge in [0.2, 0.25) is 0 Å². The lowest BCUT2D eigenvalue weighted by molar-refractivity contribution is 0.308. The molecule has 0 amide bonds. The van der Waals surface area contributed by atoms with Crippen molar-refractivity contribution in [3.8, 4) is 11.5 Å². The Kier molecular flexibility index (Phi) is 4.06. The first-order chi connectivity index (χ1) is 11.3. The summed E-state index contributed by atoms with van der Waals surface area (Å²) >= 11 is 1.86. The molecule has 0 unspecified atom stereocenters. The van der Waals surface area contributed by atoms with E-state index in [1.165, 1.54) is 30.8 Å². The molecule has 0 spiro atoms. The fourth-order valence-corrected chi connectivity index (χ4v) is 3.89. The van der Waals surface area contributed by atoms with E-state index < -0.39 is 0 Å². The molecular weight excluding hydrogens is 304 g/mol. The summed E-state index contributed by atoms with van der Waals surface area (Å²) in [6, 6.07) is 12.3. The van der Waals surface area contributed by atoms with Gasteiger partial charge in [-0.15, -0.1) is 0 Å². The number of hydrogen-bond donors (Lipinski definition) is 1. The first-order valence-electron chi connectivity index (χ1n) is 8.12. The van der Waals surface area contributed by atoms with Gasteiger partial charge >= 0.3 is 0 Å². The molecule has 1 aliphatic rings. The summed E-state index contributed by atoms with van der Waals surface area (Å²) in [7, 11) is 0. The Morgan fingerprint density at radius 3 is 2.83 bits per heavy atom. The van der Waals surface area contributed by atoms with Gasteiger partial charge in [-0.3, -0.25) is 4.98 Å². The highest BCUT2D eigenvalue weighted by molar-refractivity contribution is 7.97. The van der Waals surface area contributed by atoms with Crippen LogP contribution in [0.1, 0.15) is 19.8 Å². The number of rotatable bonds is 3. The highest BCUT2D eigenvalue weighted by Crippen LogP contribution is 2.30. The number of nitrogens with one attached hydrogen (secondary N) is 1. The highest BCUT2D eigenvalue weighted by Gasteiger charge is 2.17. The monoisotopic (exact) mass is 324 g/mol. The van der Waals surface area contributed by atoms with Crippen molar-refractivity contribution in [3.05, 3.63) is 42.6 Å². The summed E-state index contributed by atoms with van der Waals surface area (Å²) in [4.78, 5) is 13.7. The van der Waals surface area contributed by atoms with Crippen molar-refractivity contribution in [2.75, 3.05) is 13.1 Å². The fraction of sp³-hybridized carbons (Fsp3) is 0.333. The van der Waals surface area contributed by atoms with Gasteiger partial charge in [-0.05, 0) is 61.0 Å². The van der Waals surface area contributed by atoms with E-state index in [0.29, 0.717) is 0 Å².